The molecule has 58 heavy (non-hydrogen) atoms. The molecule has 12 rings (SSSR count). The Labute approximate surface area is 341 Å². The average Bonchev–Trinajstić information content (AvgIpc) is 3.29. The highest BCUT2D eigenvalue weighted by Gasteiger charge is 2.58. The number of rotatable bonds is 7. The summed E-state index contributed by atoms with van der Waals surface area (Å²) < 4.78 is 0. The molecule has 0 saturated heterocycles. The van der Waals surface area contributed by atoms with Crippen molar-refractivity contribution in [3.63, 3.8) is 0 Å². The summed E-state index contributed by atoms with van der Waals surface area (Å²) in [6.07, 6.45) is 7.84. The molecule has 0 amide bonds. The molecule has 2 unspecified atom stereocenters. The lowest BCUT2D eigenvalue weighted by Gasteiger charge is -2.63. The maximum absolute atomic E-state index is 9.45. The number of aromatic nitrogens is 1. The first kappa shape index (κ1) is 34.7. The molecule has 7 aromatic carbocycles. The molecule has 278 valence electrons. The first-order chi connectivity index (χ1) is 28.5. The monoisotopic (exact) mass is 744 g/mol. The zero-order valence-electron chi connectivity index (χ0n) is 32.6. The van der Waals surface area contributed by atoms with E-state index in [0.29, 0.717) is 5.56 Å². The van der Waals surface area contributed by atoms with Crippen LogP contribution in [0.25, 0.3) is 66.7 Å². The van der Waals surface area contributed by atoms with Gasteiger partial charge in [-0.1, -0.05) is 158 Å². The molecule has 2 atom stereocenters. The normalized spacial score (nSPS) is 21.8. The predicted molar refractivity (Wildman–Crippen MR) is 238 cm³/mol. The van der Waals surface area contributed by atoms with Crippen molar-refractivity contribution in [3.05, 3.63) is 199 Å². The number of hydrogen-bond acceptors (Lipinski definition) is 2. The summed E-state index contributed by atoms with van der Waals surface area (Å²) in [5.41, 5.74) is 15.7. The molecule has 4 saturated carbocycles. The maximum atomic E-state index is 9.45. The second-order valence-corrected chi connectivity index (χ2v) is 17.5. The van der Waals surface area contributed by atoms with Crippen molar-refractivity contribution >= 4 is 10.8 Å². The Bertz CT molecular complexity index is 2820. The number of fused-ring (bicyclic) bond motifs is 1. The van der Waals surface area contributed by atoms with Gasteiger partial charge in [0.25, 0.3) is 0 Å². The molecular formula is C56H44N2. The molecule has 2 heteroatoms. The van der Waals surface area contributed by atoms with E-state index in [9.17, 15) is 5.26 Å². The summed E-state index contributed by atoms with van der Waals surface area (Å²) in [4.78, 5) is 5.21. The van der Waals surface area contributed by atoms with Crippen LogP contribution in [0.4, 0.5) is 0 Å². The fourth-order valence-electron chi connectivity index (χ4n) is 11.6. The largest absolute Gasteiger partial charge is 0.248 e. The fourth-order valence-corrected chi connectivity index (χ4v) is 11.6. The summed E-state index contributed by atoms with van der Waals surface area (Å²) in [5, 5.41) is 11.8. The van der Waals surface area contributed by atoms with E-state index in [-0.39, 0.29) is 10.8 Å². The SMILES string of the molecule is N#Cc1ccc2c(-c3ccc(C45CC6CC(CC(c7ccc(-c8cc(-c9ccccc9)nc(-c9ccc(-c%10ccccc%10)cc9)c8)cc7)(C6)C4)C5)cc3)cccc2c1. The molecular weight excluding hydrogens is 701 g/mol. The Hall–Kier alpha value is -6.56. The third kappa shape index (κ3) is 6.05. The van der Waals surface area contributed by atoms with Crippen molar-refractivity contribution in [1.29, 1.82) is 5.26 Å². The second kappa shape index (κ2) is 13.8. The van der Waals surface area contributed by atoms with Gasteiger partial charge in [-0.25, -0.2) is 4.98 Å². The van der Waals surface area contributed by atoms with E-state index in [4.69, 9.17) is 4.98 Å². The number of pyridine rings is 1. The fraction of sp³-hybridized carbons (Fsp3) is 0.179. The smallest absolute Gasteiger partial charge is 0.0991 e. The van der Waals surface area contributed by atoms with Gasteiger partial charge in [-0.15, -0.1) is 0 Å². The van der Waals surface area contributed by atoms with Crippen LogP contribution in [-0.4, -0.2) is 4.98 Å². The highest BCUT2D eigenvalue weighted by Crippen LogP contribution is 2.66. The molecule has 0 spiro atoms. The van der Waals surface area contributed by atoms with Crippen LogP contribution in [0.2, 0.25) is 0 Å². The Morgan fingerprint density at radius 3 is 1.55 bits per heavy atom. The Balaban J connectivity index is 0.906. The summed E-state index contributed by atoms with van der Waals surface area (Å²) in [6, 6.07) is 68.6. The molecule has 0 radical (unpaired) electrons. The second-order valence-electron chi connectivity index (χ2n) is 17.5. The quantitative estimate of drug-likeness (QED) is 0.163. The Kier molecular flexibility index (Phi) is 8.26. The van der Waals surface area contributed by atoms with E-state index in [1.807, 2.05) is 12.1 Å². The Morgan fingerprint density at radius 1 is 0.448 bits per heavy atom. The molecule has 4 aliphatic carbocycles. The van der Waals surface area contributed by atoms with Crippen LogP contribution >= 0.6 is 0 Å². The van der Waals surface area contributed by atoms with Crippen LogP contribution < -0.4 is 0 Å². The van der Waals surface area contributed by atoms with Gasteiger partial charge >= 0.3 is 0 Å². The van der Waals surface area contributed by atoms with Crippen LogP contribution in [0.3, 0.4) is 0 Å². The van der Waals surface area contributed by atoms with Gasteiger partial charge in [0, 0.05) is 11.1 Å². The lowest BCUT2D eigenvalue weighted by atomic mass is 9.41. The summed E-state index contributed by atoms with van der Waals surface area (Å²) >= 11 is 0. The average molecular weight is 745 g/mol. The molecule has 8 aromatic rings. The lowest BCUT2D eigenvalue weighted by molar-refractivity contribution is -0.0281. The molecule has 0 N–H and O–H groups in total. The first-order valence-corrected chi connectivity index (χ1v) is 20.9. The van der Waals surface area contributed by atoms with E-state index < -0.39 is 0 Å². The van der Waals surface area contributed by atoms with Crippen LogP contribution in [0.1, 0.15) is 55.2 Å². The van der Waals surface area contributed by atoms with E-state index in [1.54, 1.807) is 0 Å². The Morgan fingerprint density at radius 2 is 0.948 bits per heavy atom. The van der Waals surface area contributed by atoms with Gasteiger partial charge in [0.05, 0.1) is 23.0 Å². The van der Waals surface area contributed by atoms with Crippen molar-refractivity contribution in [1.82, 2.24) is 4.98 Å². The van der Waals surface area contributed by atoms with Crippen LogP contribution in [-0.2, 0) is 10.8 Å². The van der Waals surface area contributed by atoms with Crippen LogP contribution in [0.5, 0.6) is 0 Å². The third-order valence-corrected chi connectivity index (χ3v) is 13.9. The predicted octanol–water partition coefficient (Wildman–Crippen LogP) is 14.2. The van der Waals surface area contributed by atoms with Crippen molar-refractivity contribution in [2.75, 3.05) is 0 Å². The van der Waals surface area contributed by atoms with Gasteiger partial charge < -0.3 is 0 Å². The molecule has 4 bridgehead atoms. The zero-order valence-corrected chi connectivity index (χ0v) is 32.6. The van der Waals surface area contributed by atoms with Gasteiger partial charge in [-0.2, -0.15) is 5.26 Å². The van der Waals surface area contributed by atoms with Crippen LogP contribution in [0.15, 0.2) is 182 Å². The van der Waals surface area contributed by atoms with Crippen molar-refractivity contribution < 1.29 is 0 Å². The minimum Gasteiger partial charge on any atom is -0.248 e. The number of nitrogens with zero attached hydrogens (tertiary/aromatic N) is 2. The lowest BCUT2D eigenvalue weighted by Crippen LogP contribution is -2.55. The van der Waals surface area contributed by atoms with E-state index in [1.165, 1.54) is 88.4 Å². The number of nitriles is 1. The topological polar surface area (TPSA) is 36.7 Å². The van der Waals surface area contributed by atoms with Crippen molar-refractivity contribution in [2.45, 2.75) is 49.4 Å². The molecule has 1 heterocycles. The van der Waals surface area contributed by atoms with Gasteiger partial charge in [0.1, 0.15) is 0 Å². The standard InChI is InChI=1S/C56H44N2/c57-36-38-14-27-52-47(29-38)12-7-13-51(52)44-21-25-50(26-22-44)56-34-39-28-40(35-56)33-55(32-39,37-56)49-23-19-43(20-24-49)48-30-53(45-10-5-2-6-11-45)58-54(31-48)46-17-15-42(16-18-46)41-8-3-1-4-9-41/h1-27,29-31,39-40H,28,32-35,37H2. The highest BCUT2D eigenvalue weighted by atomic mass is 14.7. The van der Waals surface area contributed by atoms with E-state index in [2.05, 4.69) is 176 Å². The minimum atomic E-state index is 0.217. The van der Waals surface area contributed by atoms with Gasteiger partial charge in [0.15, 0.2) is 0 Å². The van der Waals surface area contributed by atoms with Gasteiger partial charge in [0.2, 0.25) is 0 Å². The highest BCUT2D eigenvalue weighted by molar-refractivity contribution is 5.97. The van der Waals surface area contributed by atoms with E-state index >= 15 is 0 Å². The maximum Gasteiger partial charge on any atom is 0.0991 e. The third-order valence-electron chi connectivity index (χ3n) is 13.9. The molecule has 4 aliphatic rings. The number of hydrogen-bond donors (Lipinski definition) is 0. The first-order valence-electron chi connectivity index (χ1n) is 20.9. The molecule has 0 aliphatic heterocycles. The summed E-state index contributed by atoms with van der Waals surface area (Å²) in [7, 11) is 0. The number of benzene rings is 7. The summed E-state index contributed by atoms with van der Waals surface area (Å²) in [5.74, 6) is 1.55. The molecule has 4 fully saturated rings. The molecule has 1 aromatic heterocycles. The minimum absolute atomic E-state index is 0.217. The molecule has 2 nitrogen and oxygen atoms in total. The summed E-state index contributed by atoms with van der Waals surface area (Å²) in [6.45, 7) is 0. The van der Waals surface area contributed by atoms with Gasteiger partial charge in [-0.05, 0) is 141 Å². The van der Waals surface area contributed by atoms with Crippen LogP contribution in [0, 0.1) is 23.2 Å². The van der Waals surface area contributed by atoms with Crippen molar-refractivity contribution in [3.8, 4) is 62.0 Å². The zero-order chi connectivity index (χ0) is 38.7. The van der Waals surface area contributed by atoms with E-state index in [0.717, 1.165) is 39.7 Å². The van der Waals surface area contributed by atoms with Crippen molar-refractivity contribution in [2.24, 2.45) is 11.8 Å². The van der Waals surface area contributed by atoms with Gasteiger partial charge in [-0.3, -0.25) is 0 Å².